The fourth-order valence-corrected chi connectivity index (χ4v) is 6.12. The van der Waals surface area contributed by atoms with Gasteiger partial charge in [0.05, 0.1) is 18.8 Å². The van der Waals surface area contributed by atoms with Crippen LogP contribution < -0.4 is 0 Å². The summed E-state index contributed by atoms with van der Waals surface area (Å²) in [6.45, 7) is 6.32. The minimum absolute atomic E-state index is 0.117. The molecular formula is C42H80O7. The largest absolute Gasteiger partial charge is 0.462 e. The fraction of sp³-hybridized carbons (Fsp3) is 0.905. The lowest BCUT2D eigenvalue weighted by Crippen LogP contribution is -2.28. The Morgan fingerprint density at radius 1 is 0.571 bits per heavy atom. The van der Waals surface area contributed by atoms with E-state index in [9.17, 15) is 24.9 Å². The number of carbonyl (C=O) groups is 2. The van der Waals surface area contributed by atoms with Gasteiger partial charge in [0, 0.05) is 12.8 Å². The van der Waals surface area contributed by atoms with E-state index < -0.39 is 18.3 Å². The topological polar surface area (TPSA) is 113 Å². The lowest BCUT2D eigenvalue weighted by Gasteiger charge is -2.16. The van der Waals surface area contributed by atoms with Crippen molar-refractivity contribution in [3.63, 3.8) is 0 Å². The van der Waals surface area contributed by atoms with Gasteiger partial charge >= 0.3 is 11.9 Å². The van der Waals surface area contributed by atoms with Crippen molar-refractivity contribution in [3.8, 4) is 0 Å². The van der Waals surface area contributed by atoms with Crippen molar-refractivity contribution in [1.82, 2.24) is 0 Å². The zero-order chi connectivity index (χ0) is 36.2. The highest BCUT2D eigenvalue weighted by Gasteiger charge is 2.16. The molecule has 0 aliphatic heterocycles. The summed E-state index contributed by atoms with van der Waals surface area (Å²) in [4.78, 5) is 24.3. The zero-order valence-corrected chi connectivity index (χ0v) is 32.4. The molecule has 0 spiro atoms. The molecule has 0 rings (SSSR count). The number of allylic oxidation sites excluding steroid dienone is 1. The van der Waals surface area contributed by atoms with Crippen LogP contribution in [0, 0.1) is 5.92 Å². The van der Waals surface area contributed by atoms with Gasteiger partial charge in [-0.05, 0) is 44.4 Å². The molecule has 0 saturated heterocycles. The molecule has 0 aromatic carbocycles. The molecule has 290 valence electrons. The normalized spacial score (nSPS) is 13.6. The molecule has 0 saturated carbocycles. The average molecular weight is 697 g/mol. The summed E-state index contributed by atoms with van der Waals surface area (Å²) in [6.07, 6.45) is 33.0. The number of aliphatic hydroxyl groups is 3. The number of hydrogen-bond acceptors (Lipinski definition) is 7. The third kappa shape index (κ3) is 34.8. The molecule has 7 nitrogen and oxygen atoms in total. The molecule has 3 N–H and O–H groups in total. The summed E-state index contributed by atoms with van der Waals surface area (Å²) in [7, 11) is 0. The number of hydrogen-bond donors (Lipinski definition) is 3. The number of ether oxygens (including phenoxy) is 2. The van der Waals surface area contributed by atoms with E-state index in [1.54, 1.807) is 0 Å². The van der Waals surface area contributed by atoms with Crippen LogP contribution in [0.15, 0.2) is 12.2 Å². The molecule has 0 aliphatic carbocycles. The maximum atomic E-state index is 12.2. The van der Waals surface area contributed by atoms with Gasteiger partial charge in [-0.15, -0.1) is 0 Å². The first-order valence-corrected chi connectivity index (χ1v) is 20.8. The first-order chi connectivity index (χ1) is 23.8. The van der Waals surface area contributed by atoms with E-state index in [1.807, 2.05) is 6.08 Å². The monoisotopic (exact) mass is 697 g/mol. The average Bonchev–Trinajstić information content (AvgIpc) is 3.08. The maximum absolute atomic E-state index is 12.2. The zero-order valence-electron chi connectivity index (χ0n) is 32.4. The minimum atomic E-state index is -0.815. The second-order valence-electron chi connectivity index (χ2n) is 14.9. The van der Waals surface area contributed by atoms with Gasteiger partial charge in [-0.1, -0.05) is 168 Å². The standard InChI is InChI=1S/C42H80O7/c1-4-5-6-7-21-26-31-39(44)40(45)32-27-22-19-24-28-33-41(46)48-36-38(35-43)49-42(47)34-29-23-18-16-14-12-10-8-9-11-13-15-17-20-25-30-37(2)3/h21,26,37-40,43-45H,4-20,22-25,27-36H2,1-3H3/b26-21-/t38-,39+,40+/m0/s1. The van der Waals surface area contributed by atoms with Crippen molar-refractivity contribution in [3.05, 3.63) is 12.2 Å². The van der Waals surface area contributed by atoms with E-state index in [2.05, 4.69) is 26.8 Å². The molecular weight excluding hydrogens is 616 g/mol. The summed E-state index contributed by atoms with van der Waals surface area (Å²) in [5.41, 5.74) is 0. The van der Waals surface area contributed by atoms with Gasteiger partial charge in [-0.3, -0.25) is 9.59 Å². The number of carbonyl (C=O) groups excluding carboxylic acids is 2. The van der Waals surface area contributed by atoms with Crippen molar-refractivity contribution in [1.29, 1.82) is 0 Å². The highest BCUT2D eigenvalue weighted by atomic mass is 16.6. The smallest absolute Gasteiger partial charge is 0.306 e. The summed E-state index contributed by atoms with van der Waals surface area (Å²) in [5, 5.41) is 29.8. The maximum Gasteiger partial charge on any atom is 0.306 e. The van der Waals surface area contributed by atoms with Crippen LogP contribution in [0.3, 0.4) is 0 Å². The number of rotatable bonds is 37. The Hall–Kier alpha value is -1.44. The highest BCUT2D eigenvalue weighted by Crippen LogP contribution is 2.16. The van der Waals surface area contributed by atoms with Crippen molar-refractivity contribution in [2.24, 2.45) is 5.92 Å². The molecule has 0 aromatic heterocycles. The van der Waals surface area contributed by atoms with E-state index >= 15 is 0 Å². The number of unbranched alkanes of at least 4 members (excludes halogenated alkanes) is 21. The van der Waals surface area contributed by atoms with Crippen LogP contribution in [0.5, 0.6) is 0 Å². The minimum Gasteiger partial charge on any atom is -0.462 e. The second kappa shape index (κ2) is 36.4. The Balaban J connectivity index is 3.63. The molecule has 0 aromatic rings. The van der Waals surface area contributed by atoms with Gasteiger partial charge in [0.25, 0.3) is 0 Å². The Bertz CT molecular complexity index is 753. The van der Waals surface area contributed by atoms with Crippen molar-refractivity contribution < 1.29 is 34.4 Å². The van der Waals surface area contributed by atoms with Crippen molar-refractivity contribution >= 4 is 11.9 Å². The van der Waals surface area contributed by atoms with Crippen LogP contribution in [-0.2, 0) is 19.1 Å². The SMILES string of the molecule is CCCCC/C=C\C[C@@H](O)[C@H](O)CCCCCCCC(=O)OC[C@H](CO)OC(=O)CCCCCCCCCCCCCCCCCC(C)C. The molecule has 0 unspecified atom stereocenters. The third-order valence-corrected chi connectivity index (χ3v) is 9.44. The molecule has 49 heavy (non-hydrogen) atoms. The van der Waals surface area contributed by atoms with Crippen LogP contribution in [0.2, 0.25) is 0 Å². The quantitative estimate of drug-likeness (QED) is 0.0336. The van der Waals surface area contributed by atoms with Gasteiger partial charge in [0.15, 0.2) is 6.10 Å². The molecule has 0 heterocycles. The van der Waals surface area contributed by atoms with Crippen molar-refractivity contribution in [2.75, 3.05) is 13.2 Å². The summed E-state index contributed by atoms with van der Waals surface area (Å²) >= 11 is 0. The number of aliphatic hydroxyl groups excluding tert-OH is 3. The first-order valence-electron chi connectivity index (χ1n) is 20.8. The Morgan fingerprint density at radius 3 is 1.53 bits per heavy atom. The summed E-state index contributed by atoms with van der Waals surface area (Å²) < 4.78 is 10.6. The molecule has 0 bridgehead atoms. The Morgan fingerprint density at radius 2 is 1.04 bits per heavy atom. The predicted octanol–water partition coefficient (Wildman–Crippen LogP) is 10.7. The van der Waals surface area contributed by atoms with Gasteiger partial charge in [0.1, 0.15) is 6.61 Å². The van der Waals surface area contributed by atoms with Crippen LogP contribution in [0.25, 0.3) is 0 Å². The van der Waals surface area contributed by atoms with Gasteiger partial charge in [-0.2, -0.15) is 0 Å². The van der Waals surface area contributed by atoms with E-state index in [1.165, 1.54) is 103 Å². The number of esters is 2. The van der Waals surface area contributed by atoms with E-state index in [0.717, 1.165) is 57.3 Å². The first kappa shape index (κ1) is 47.6. The molecule has 3 atom stereocenters. The molecule has 0 amide bonds. The lowest BCUT2D eigenvalue weighted by atomic mass is 10.0. The third-order valence-electron chi connectivity index (χ3n) is 9.44. The van der Waals surface area contributed by atoms with Crippen LogP contribution in [-0.4, -0.2) is 58.8 Å². The highest BCUT2D eigenvalue weighted by molar-refractivity contribution is 5.70. The van der Waals surface area contributed by atoms with Crippen molar-refractivity contribution in [2.45, 2.75) is 225 Å². The Kier molecular flexibility index (Phi) is 35.3. The molecule has 0 radical (unpaired) electrons. The lowest BCUT2D eigenvalue weighted by molar-refractivity contribution is -0.161. The molecule has 7 heteroatoms. The fourth-order valence-electron chi connectivity index (χ4n) is 6.12. The van der Waals surface area contributed by atoms with E-state index in [4.69, 9.17) is 9.47 Å². The van der Waals surface area contributed by atoms with Crippen LogP contribution in [0.1, 0.15) is 207 Å². The molecule has 0 aliphatic rings. The predicted molar refractivity (Wildman–Crippen MR) is 203 cm³/mol. The van der Waals surface area contributed by atoms with E-state index in [-0.39, 0.29) is 31.6 Å². The second-order valence-corrected chi connectivity index (χ2v) is 14.9. The van der Waals surface area contributed by atoms with Crippen LogP contribution in [0.4, 0.5) is 0 Å². The summed E-state index contributed by atoms with van der Waals surface area (Å²) in [5.74, 6) is 0.152. The van der Waals surface area contributed by atoms with Crippen LogP contribution >= 0.6 is 0 Å². The van der Waals surface area contributed by atoms with E-state index in [0.29, 0.717) is 25.7 Å². The summed E-state index contributed by atoms with van der Waals surface area (Å²) in [6, 6.07) is 0. The molecule has 0 fully saturated rings. The Labute approximate surface area is 302 Å². The van der Waals surface area contributed by atoms with Gasteiger partial charge in [-0.25, -0.2) is 0 Å². The van der Waals surface area contributed by atoms with Gasteiger partial charge in [0.2, 0.25) is 0 Å². The van der Waals surface area contributed by atoms with Gasteiger partial charge < -0.3 is 24.8 Å².